The molecule has 2 saturated carbocycles. The summed E-state index contributed by atoms with van der Waals surface area (Å²) in [5, 5.41) is 10.5. The fourth-order valence-corrected chi connectivity index (χ4v) is 4.20. The van der Waals surface area contributed by atoms with Crippen molar-refractivity contribution in [3.8, 4) is 0 Å². The molecule has 1 aliphatic heterocycles. The predicted molar refractivity (Wildman–Crippen MR) is 100 cm³/mol. The summed E-state index contributed by atoms with van der Waals surface area (Å²) in [5.41, 5.74) is 0.726. The molecular weight excluding hydrogens is 346 g/mol. The highest BCUT2D eigenvalue weighted by molar-refractivity contribution is 5.93. The number of rotatable bonds is 6. The van der Waals surface area contributed by atoms with Crippen LogP contribution in [0, 0.1) is 5.92 Å². The second-order valence-corrected chi connectivity index (χ2v) is 8.05. The zero-order valence-electron chi connectivity index (χ0n) is 15.9. The molecule has 1 aromatic heterocycles. The molecule has 0 aromatic carbocycles. The van der Waals surface area contributed by atoms with E-state index in [-0.39, 0.29) is 29.9 Å². The maximum absolute atomic E-state index is 12.8. The number of hydrogen-bond donors (Lipinski definition) is 2. The van der Waals surface area contributed by atoms with Crippen molar-refractivity contribution in [2.45, 2.75) is 63.1 Å². The Labute approximate surface area is 159 Å². The zero-order chi connectivity index (χ0) is 18.8. The Kier molecular flexibility index (Phi) is 5.33. The standard InChI is InChI=1S/C19H29N5O3/c1-27-12-17-8-16(11-23(17)19(26)22-14-4-2-3-5-14)24-10-15(9-20-24)21-18(25)13-6-7-13/h9-10,13-14,16-17H,2-8,11-12H2,1H3,(H,21,25)(H,22,26)/t16-,17-/m0/s1. The van der Waals surface area contributed by atoms with Crippen LogP contribution in [0.25, 0.3) is 0 Å². The summed E-state index contributed by atoms with van der Waals surface area (Å²) in [6.45, 7) is 1.12. The number of methoxy groups -OCH3 is 1. The Morgan fingerprint density at radius 2 is 2.04 bits per heavy atom. The highest BCUT2D eigenvalue weighted by atomic mass is 16.5. The molecule has 148 valence electrons. The van der Waals surface area contributed by atoms with Crippen molar-refractivity contribution in [3.63, 3.8) is 0 Å². The van der Waals surface area contributed by atoms with Crippen molar-refractivity contribution < 1.29 is 14.3 Å². The lowest BCUT2D eigenvalue weighted by Crippen LogP contribution is -2.47. The molecule has 4 rings (SSSR count). The fourth-order valence-electron chi connectivity index (χ4n) is 4.20. The van der Waals surface area contributed by atoms with Gasteiger partial charge in [-0.25, -0.2) is 4.79 Å². The first-order valence-electron chi connectivity index (χ1n) is 10.0. The van der Waals surface area contributed by atoms with E-state index in [9.17, 15) is 9.59 Å². The van der Waals surface area contributed by atoms with Crippen LogP contribution in [0.3, 0.4) is 0 Å². The number of amides is 3. The number of aromatic nitrogens is 2. The lowest BCUT2D eigenvalue weighted by Gasteiger charge is -2.26. The van der Waals surface area contributed by atoms with Crippen molar-refractivity contribution >= 4 is 17.6 Å². The largest absolute Gasteiger partial charge is 0.383 e. The van der Waals surface area contributed by atoms with E-state index in [4.69, 9.17) is 4.74 Å². The lowest BCUT2D eigenvalue weighted by molar-refractivity contribution is -0.117. The molecule has 8 nitrogen and oxygen atoms in total. The number of ether oxygens (including phenoxy) is 1. The van der Waals surface area contributed by atoms with Gasteiger partial charge in [-0.1, -0.05) is 12.8 Å². The summed E-state index contributed by atoms with van der Waals surface area (Å²) in [5.74, 6) is 0.247. The lowest BCUT2D eigenvalue weighted by atomic mass is 10.2. The van der Waals surface area contributed by atoms with E-state index < -0.39 is 0 Å². The van der Waals surface area contributed by atoms with Crippen LogP contribution in [0.5, 0.6) is 0 Å². The molecule has 2 heterocycles. The SMILES string of the molecule is COC[C@@H]1C[C@H](n2cc(NC(=O)C3CC3)cn2)CN1C(=O)NC1CCCC1. The van der Waals surface area contributed by atoms with Crippen LogP contribution in [0.15, 0.2) is 12.4 Å². The van der Waals surface area contributed by atoms with Gasteiger partial charge in [0, 0.05) is 31.8 Å². The van der Waals surface area contributed by atoms with Gasteiger partial charge in [0.05, 0.1) is 30.6 Å². The van der Waals surface area contributed by atoms with Gasteiger partial charge in [0.25, 0.3) is 0 Å². The molecule has 0 bridgehead atoms. The third-order valence-corrected chi connectivity index (χ3v) is 5.89. The normalized spacial score (nSPS) is 25.7. The maximum atomic E-state index is 12.8. The minimum Gasteiger partial charge on any atom is -0.383 e. The molecule has 0 spiro atoms. The van der Waals surface area contributed by atoms with Gasteiger partial charge in [-0.15, -0.1) is 0 Å². The average molecular weight is 375 g/mol. The van der Waals surface area contributed by atoms with E-state index in [0.717, 1.165) is 37.8 Å². The Morgan fingerprint density at radius 3 is 2.74 bits per heavy atom. The molecule has 0 unspecified atom stereocenters. The van der Waals surface area contributed by atoms with Crippen molar-refractivity contribution in [1.82, 2.24) is 20.0 Å². The molecular formula is C19H29N5O3. The second kappa shape index (κ2) is 7.88. The van der Waals surface area contributed by atoms with E-state index >= 15 is 0 Å². The Morgan fingerprint density at radius 1 is 1.26 bits per heavy atom. The van der Waals surface area contributed by atoms with E-state index in [1.807, 2.05) is 15.8 Å². The molecule has 2 atom stereocenters. The van der Waals surface area contributed by atoms with Crippen LogP contribution in [0.4, 0.5) is 10.5 Å². The summed E-state index contributed by atoms with van der Waals surface area (Å²) >= 11 is 0. The number of carbonyl (C=O) groups excluding carboxylic acids is 2. The van der Waals surface area contributed by atoms with E-state index in [1.54, 1.807) is 13.3 Å². The van der Waals surface area contributed by atoms with Gasteiger partial charge in [-0.3, -0.25) is 9.48 Å². The van der Waals surface area contributed by atoms with Crippen LogP contribution in [0.1, 0.15) is 51.0 Å². The number of likely N-dealkylation sites (tertiary alicyclic amines) is 1. The number of hydrogen-bond acceptors (Lipinski definition) is 4. The van der Waals surface area contributed by atoms with Gasteiger partial charge in [0.1, 0.15) is 0 Å². The third kappa shape index (κ3) is 4.26. The molecule has 1 saturated heterocycles. The summed E-state index contributed by atoms with van der Waals surface area (Å²) in [7, 11) is 1.67. The average Bonchev–Trinajstić information content (AvgIpc) is 3.03. The van der Waals surface area contributed by atoms with Crippen molar-refractivity contribution in [3.05, 3.63) is 12.4 Å². The summed E-state index contributed by atoms with van der Waals surface area (Å²) < 4.78 is 7.21. The number of anilines is 1. The first kappa shape index (κ1) is 18.3. The predicted octanol–water partition coefficient (Wildman–Crippen LogP) is 2.15. The van der Waals surface area contributed by atoms with Crippen LogP contribution in [0.2, 0.25) is 0 Å². The minimum atomic E-state index is 0.000802. The zero-order valence-corrected chi connectivity index (χ0v) is 15.9. The number of nitrogens with one attached hydrogen (secondary N) is 2. The second-order valence-electron chi connectivity index (χ2n) is 8.05. The minimum absolute atomic E-state index is 0.000802. The summed E-state index contributed by atoms with van der Waals surface area (Å²) in [6, 6.07) is 0.427. The number of urea groups is 1. The van der Waals surface area contributed by atoms with Gasteiger partial charge in [-0.05, 0) is 32.1 Å². The molecule has 8 heteroatoms. The first-order valence-corrected chi connectivity index (χ1v) is 10.0. The van der Waals surface area contributed by atoms with Crippen LogP contribution < -0.4 is 10.6 Å². The molecule has 2 N–H and O–H groups in total. The highest BCUT2D eigenvalue weighted by Crippen LogP contribution is 2.31. The molecule has 3 amide bonds. The molecule has 1 aromatic rings. The molecule has 3 fully saturated rings. The Hall–Kier alpha value is -2.09. The monoisotopic (exact) mass is 375 g/mol. The Bertz CT molecular complexity index is 681. The Balaban J connectivity index is 1.39. The quantitative estimate of drug-likeness (QED) is 0.797. The molecule has 27 heavy (non-hydrogen) atoms. The highest BCUT2D eigenvalue weighted by Gasteiger charge is 2.37. The fraction of sp³-hybridized carbons (Fsp3) is 0.737. The van der Waals surface area contributed by atoms with Crippen LogP contribution in [-0.2, 0) is 9.53 Å². The summed E-state index contributed by atoms with van der Waals surface area (Å²) in [4.78, 5) is 26.6. The molecule has 0 radical (unpaired) electrons. The number of nitrogens with zero attached hydrogens (tertiary/aromatic N) is 3. The van der Waals surface area contributed by atoms with Gasteiger partial charge in [0.2, 0.25) is 5.91 Å². The van der Waals surface area contributed by atoms with Crippen molar-refractivity contribution in [1.29, 1.82) is 0 Å². The van der Waals surface area contributed by atoms with E-state index in [1.165, 1.54) is 12.8 Å². The van der Waals surface area contributed by atoms with Crippen LogP contribution >= 0.6 is 0 Å². The van der Waals surface area contributed by atoms with Crippen LogP contribution in [-0.4, -0.2) is 59.0 Å². The van der Waals surface area contributed by atoms with E-state index in [0.29, 0.717) is 19.2 Å². The maximum Gasteiger partial charge on any atom is 0.318 e. The van der Waals surface area contributed by atoms with Crippen molar-refractivity contribution in [2.75, 3.05) is 25.6 Å². The molecule has 3 aliphatic rings. The third-order valence-electron chi connectivity index (χ3n) is 5.89. The van der Waals surface area contributed by atoms with E-state index in [2.05, 4.69) is 15.7 Å². The smallest absolute Gasteiger partial charge is 0.318 e. The van der Waals surface area contributed by atoms with Crippen molar-refractivity contribution in [2.24, 2.45) is 5.92 Å². The first-order chi connectivity index (χ1) is 13.1. The van der Waals surface area contributed by atoms with Gasteiger partial charge < -0.3 is 20.3 Å². The van der Waals surface area contributed by atoms with Gasteiger partial charge in [-0.2, -0.15) is 5.10 Å². The topological polar surface area (TPSA) is 88.5 Å². The van der Waals surface area contributed by atoms with Gasteiger partial charge in [0.15, 0.2) is 0 Å². The molecule has 2 aliphatic carbocycles. The van der Waals surface area contributed by atoms with Gasteiger partial charge >= 0.3 is 6.03 Å². The number of carbonyl (C=O) groups is 2. The summed E-state index contributed by atoms with van der Waals surface area (Å²) in [6.07, 6.45) is 10.8.